The Bertz CT molecular complexity index is 165. The molecule has 0 aliphatic rings. The summed E-state index contributed by atoms with van der Waals surface area (Å²) in [5.74, 6) is -0.0468. The third kappa shape index (κ3) is 9.65. The normalized spacial score (nSPS) is 12.5. The maximum Gasteiger partial charge on any atom is 0.233 e. The second-order valence-corrected chi connectivity index (χ2v) is 3.37. The Kier molecular flexibility index (Phi) is 9.46. The predicted octanol–water partition coefficient (Wildman–Crippen LogP) is -0.500. The van der Waals surface area contributed by atoms with Gasteiger partial charge in [-0.3, -0.25) is 4.79 Å². The molecule has 5 heteroatoms. The van der Waals surface area contributed by atoms with Gasteiger partial charge in [-0.05, 0) is 12.8 Å². The van der Waals surface area contributed by atoms with Gasteiger partial charge in [0.15, 0.2) is 0 Å². The van der Waals surface area contributed by atoms with E-state index in [0.717, 1.165) is 6.42 Å². The lowest BCUT2D eigenvalue weighted by Crippen LogP contribution is -2.36. The highest BCUT2D eigenvalue weighted by Crippen LogP contribution is 1.93. The summed E-state index contributed by atoms with van der Waals surface area (Å²) in [7, 11) is 1.62. The molecule has 0 spiro atoms. The van der Waals surface area contributed by atoms with Gasteiger partial charge in [-0.15, -0.1) is 0 Å². The molecule has 0 saturated carbocycles. The molecular weight excluding hydrogens is 196 g/mol. The number of methoxy groups -OCH3 is 1. The van der Waals surface area contributed by atoms with E-state index < -0.39 is 0 Å². The van der Waals surface area contributed by atoms with Crippen LogP contribution in [0.2, 0.25) is 0 Å². The fourth-order valence-corrected chi connectivity index (χ4v) is 1.02. The summed E-state index contributed by atoms with van der Waals surface area (Å²) in [5.41, 5.74) is 0. The van der Waals surface area contributed by atoms with Crippen LogP contribution in [0.5, 0.6) is 0 Å². The third-order valence-electron chi connectivity index (χ3n) is 2.04. The lowest BCUT2D eigenvalue weighted by atomic mass is 10.2. The number of hydrogen-bond donors (Lipinski definition) is 3. The smallest absolute Gasteiger partial charge is 0.233 e. The molecule has 1 amide bonds. The van der Waals surface area contributed by atoms with E-state index in [1.165, 1.54) is 0 Å². The largest absolute Gasteiger partial charge is 0.393 e. The van der Waals surface area contributed by atoms with Gasteiger partial charge in [-0.1, -0.05) is 6.92 Å². The highest BCUT2D eigenvalue weighted by atomic mass is 16.5. The lowest BCUT2D eigenvalue weighted by Gasteiger charge is -2.09. The maximum atomic E-state index is 11.2. The van der Waals surface area contributed by atoms with Crippen LogP contribution in [0.3, 0.4) is 0 Å². The summed E-state index contributed by atoms with van der Waals surface area (Å²) >= 11 is 0. The van der Waals surface area contributed by atoms with E-state index in [0.29, 0.717) is 32.7 Å². The van der Waals surface area contributed by atoms with Crippen LogP contribution in [0, 0.1) is 0 Å². The van der Waals surface area contributed by atoms with Crippen LogP contribution in [-0.2, 0) is 9.53 Å². The quantitative estimate of drug-likeness (QED) is 0.456. The van der Waals surface area contributed by atoms with Gasteiger partial charge in [-0.25, -0.2) is 0 Å². The summed E-state index contributed by atoms with van der Waals surface area (Å²) in [6, 6.07) is 0. The number of hydrogen-bond acceptors (Lipinski definition) is 4. The Labute approximate surface area is 91.2 Å². The molecule has 0 aromatic carbocycles. The Morgan fingerprint density at radius 1 is 1.47 bits per heavy atom. The summed E-state index contributed by atoms with van der Waals surface area (Å²) in [4.78, 5) is 11.2. The predicted molar refractivity (Wildman–Crippen MR) is 58.7 cm³/mol. The first-order valence-electron chi connectivity index (χ1n) is 5.35. The Morgan fingerprint density at radius 3 is 2.80 bits per heavy atom. The average Bonchev–Trinajstić information content (AvgIpc) is 2.24. The minimum atomic E-state index is -0.313. The van der Waals surface area contributed by atoms with Crippen LogP contribution in [0.25, 0.3) is 0 Å². The molecule has 0 aromatic rings. The van der Waals surface area contributed by atoms with E-state index in [4.69, 9.17) is 4.74 Å². The molecule has 0 aliphatic carbocycles. The monoisotopic (exact) mass is 218 g/mol. The van der Waals surface area contributed by atoms with Gasteiger partial charge < -0.3 is 20.5 Å². The summed E-state index contributed by atoms with van der Waals surface area (Å²) in [6.07, 6.45) is 1.02. The van der Waals surface area contributed by atoms with Crippen LogP contribution in [0.15, 0.2) is 0 Å². The Balaban J connectivity index is 3.26. The minimum Gasteiger partial charge on any atom is -0.393 e. The van der Waals surface area contributed by atoms with Crippen molar-refractivity contribution in [3.05, 3.63) is 0 Å². The van der Waals surface area contributed by atoms with Crippen LogP contribution in [-0.4, -0.2) is 50.5 Å². The second-order valence-electron chi connectivity index (χ2n) is 3.37. The molecule has 1 atom stereocenters. The summed E-state index contributed by atoms with van der Waals surface area (Å²) in [5, 5.41) is 14.9. The summed E-state index contributed by atoms with van der Waals surface area (Å²) in [6.45, 7) is 4.01. The van der Waals surface area contributed by atoms with Crippen LogP contribution >= 0.6 is 0 Å². The fraction of sp³-hybridized carbons (Fsp3) is 0.900. The molecule has 0 bridgehead atoms. The zero-order valence-corrected chi connectivity index (χ0v) is 9.58. The van der Waals surface area contributed by atoms with Gasteiger partial charge >= 0.3 is 0 Å². The molecular formula is C10H22N2O3. The van der Waals surface area contributed by atoms with Gasteiger partial charge in [0.2, 0.25) is 5.91 Å². The molecule has 0 aliphatic heterocycles. The number of ether oxygens (including phenoxy) is 1. The first-order valence-corrected chi connectivity index (χ1v) is 5.35. The second kappa shape index (κ2) is 9.89. The number of amides is 1. The minimum absolute atomic E-state index is 0.0468. The van der Waals surface area contributed by atoms with Gasteiger partial charge in [0.05, 0.1) is 19.3 Å². The molecule has 3 N–H and O–H groups in total. The zero-order chi connectivity index (χ0) is 11.5. The number of carbonyl (C=O) groups is 1. The zero-order valence-electron chi connectivity index (χ0n) is 9.58. The molecule has 90 valence electrons. The average molecular weight is 218 g/mol. The molecule has 0 aromatic heterocycles. The van der Waals surface area contributed by atoms with Crippen molar-refractivity contribution in [1.82, 2.24) is 10.6 Å². The molecule has 5 nitrogen and oxygen atoms in total. The fourth-order valence-electron chi connectivity index (χ4n) is 1.02. The van der Waals surface area contributed by atoms with Crippen molar-refractivity contribution in [3.8, 4) is 0 Å². The number of carbonyl (C=O) groups excluding carboxylic acids is 1. The van der Waals surface area contributed by atoms with Crippen molar-refractivity contribution in [2.24, 2.45) is 0 Å². The van der Waals surface area contributed by atoms with Crippen molar-refractivity contribution in [1.29, 1.82) is 0 Å². The number of aliphatic hydroxyl groups is 1. The highest BCUT2D eigenvalue weighted by molar-refractivity contribution is 5.77. The van der Waals surface area contributed by atoms with E-state index in [1.54, 1.807) is 7.11 Å². The first kappa shape index (κ1) is 14.3. The molecule has 1 unspecified atom stereocenters. The van der Waals surface area contributed by atoms with Crippen molar-refractivity contribution in [2.75, 3.05) is 33.4 Å². The van der Waals surface area contributed by atoms with E-state index >= 15 is 0 Å². The maximum absolute atomic E-state index is 11.2. The molecule has 0 saturated heterocycles. The molecule has 0 fully saturated rings. The van der Waals surface area contributed by atoms with Crippen molar-refractivity contribution < 1.29 is 14.6 Å². The highest BCUT2D eigenvalue weighted by Gasteiger charge is 2.02. The van der Waals surface area contributed by atoms with E-state index in [9.17, 15) is 9.90 Å². The van der Waals surface area contributed by atoms with Crippen molar-refractivity contribution in [3.63, 3.8) is 0 Å². The first-order chi connectivity index (χ1) is 7.20. The topological polar surface area (TPSA) is 70.6 Å². The van der Waals surface area contributed by atoms with Crippen molar-refractivity contribution in [2.45, 2.75) is 25.9 Å². The van der Waals surface area contributed by atoms with Crippen molar-refractivity contribution >= 4 is 5.91 Å². The number of rotatable bonds is 9. The Hall–Kier alpha value is -0.650. The van der Waals surface area contributed by atoms with Crippen LogP contribution < -0.4 is 10.6 Å². The van der Waals surface area contributed by atoms with Crippen LogP contribution in [0.4, 0.5) is 0 Å². The number of aliphatic hydroxyl groups excluding tert-OH is 1. The molecule has 0 rings (SSSR count). The van der Waals surface area contributed by atoms with Crippen LogP contribution in [0.1, 0.15) is 19.8 Å². The lowest BCUT2D eigenvalue weighted by molar-refractivity contribution is -0.120. The molecule has 15 heavy (non-hydrogen) atoms. The van der Waals surface area contributed by atoms with E-state index in [2.05, 4.69) is 10.6 Å². The van der Waals surface area contributed by atoms with Gasteiger partial charge in [0.1, 0.15) is 0 Å². The van der Waals surface area contributed by atoms with Gasteiger partial charge in [0.25, 0.3) is 0 Å². The molecule has 0 heterocycles. The standard InChI is InChI=1S/C10H22N2O3/c1-3-9(13)4-5-12-10(14)8-11-6-7-15-2/h9,11,13H,3-8H2,1-2H3,(H,12,14). The van der Waals surface area contributed by atoms with E-state index in [-0.39, 0.29) is 12.0 Å². The third-order valence-corrected chi connectivity index (χ3v) is 2.04. The Morgan fingerprint density at radius 2 is 2.20 bits per heavy atom. The van der Waals surface area contributed by atoms with Gasteiger partial charge in [0, 0.05) is 20.2 Å². The van der Waals surface area contributed by atoms with E-state index in [1.807, 2.05) is 6.92 Å². The SMILES string of the molecule is CCC(O)CCNC(=O)CNCCOC. The summed E-state index contributed by atoms with van der Waals surface area (Å²) < 4.78 is 4.82. The van der Waals surface area contributed by atoms with Gasteiger partial charge in [-0.2, -0.15) is 0 Å². The number of nitrogens with one attached hydrogen (secondary N) is 2. The molecule has 0 radical (unpaired) electrons.